The number of likely N-dealkylation sites (N-methyl/N-ethyl adjacent to an activating group) is 1. The van der Waals surface area contributed by atoms with Crippen LogP contribution in [-0.2, 0) is 30.9 Å². The molecule has 1 fully saturated rings. The molecule has 9 heteroatoms. The zero-order valence-electron chi connectivity index (χ0n) is 20.6. The van der Waals surface area contributed by atoms with Crippen LogP contribution in [0.15, 0.2) is 54.3 Å². The van der Waals surface area contributed by atoms with Crippen LogP contribution in [0.1, 0.15) is 42.6 Å². The van der Waals surface area contributed by atoms with E-state index in [1.165, 1.54) is 6.92 Å². The second-order valence-electron chi connectivity index (χ2n) is 10.4. The molecule has 0 aromatic heterocycles. The quantitative estimate of drug-likeness (QED) is 0.520. The van der Waals surface area contributed by atoms with Gasteiger partial charge >= 0.3 is 11.9 Å². The van der Waals surface area contributed by atoms with Crippen molar-refractivity contribution in [1.82, 2.24) is 4.90 Å². The molecule has 194 valence electrons. The van der Waals surface area contributed by atoms with Crippen LogP contribution in [0.5, 0.6) is 11.5 Å². The summed E-state index contributed by atoms with van der Waals surface area (Å²) < 4.78 is 17.2. The number of nitrogens with zero attached hydrogens (tertiary/aromatic N) is 1. The number of benzene rings is 2. The van der Waals surface area contributed by atoms with Crippen LogP contribution in [0, 0.1) is 0 Å². The molecule has 2 aliphatic heterocycles. The average molecular weight is 508 g/mol. The molecular weight excluding hydrogens is 478 g/mol. The van der Waals surface area contributed by atoms with Gasteiger partial charge < -0.3 is 34.4 Å². The van der Waals surface area contributed by atoms with Crippen LogP contribution in [0.2, 0.25) is 0 Å². The van der Waals surface area contributed by atoms with E-state index < -0.39 is 41.3 Å². The Bertz CT molecular complexity index is 1310. The van der Waals surface area contributed by atoms with Crippen molar-refractivity contribution < 1.29 is 39.1 Å². The molecule has 1 spiro atoms. The number of carbonyl (C=O) groups is 2. The first-order valence-corrected chi connectivity index (χ1v) is 12.5. The van der Waals surface area contributed by atoms with E-state index in [9.17, 15) is 24.9 Å². The predicted molar refractivity (Wildman–Crippen MR) is 130 cm³/mol. The molecule has 6 rings (SSSR count). The van der Waals surface area contributed by atoms with Gasteiger partial charge in [-0.05, 0) is 56.6 Å². The second kappa shape index (κ2) is 8.31. The highest BCUT2D eigenvalue weighted by molar-refractivity contribution is 5.82. The lowest BCUT2D eigenvalue weighted by atomic mass is 9.50. The van der Waals surface area contributed by atoms with E-state index in [0.717, 1.165) is 11.1 Å². The summed E-state index contributed by atoms with van der Waals surface area (Å²) in [5, 5.41) is 33.0. The minimum atomic E-state index is -1.54. The van der Waals surface area contributed by atoms with Gasteiger partial charge in [0.25, 0.3) is 0 Å². The summed E-state index contributed by atoms with van der Waals surface area (Å²) in [5.41, 5.74) is 0.0745. The number of rotatable bonds is 5. The SMILES string of the molecule is C[C@H](OC(=O)[C@@H](O)c1ccccc1)C(=O)OC1=CC[C@@]2(O)[C@H]3Cc4ccc(O)c5c4C2(CCN3C)C1O5. The fourth-order valence-corrected chi connectivity index (χ4v) is 6.69. The van der Waals surface area contributed by atoms with Gasteiger partial charge in [-0.1, -0.05) is 36.4 Å². The van der Waals surface area contributed by atoms with E-state index >= 15 is 0 Å². The Hall–Kier alpha value is -3.40. The summed E-state index contributed by atoms with van der Waals surface area (Å²) >= 11 is 0. The van der Waals surface area contributed by atoms with Crippen molar-refractivity contribution in [2.75, 3.05) is 13.6 Å². The number of aromatic hydroxyl groups is 1. The molecule has 2 aromatic rings. The van der Waals surface area contributed by atoms with Gasteiger partial charge in [0.1, 0.15) is 5.76 Å². The summed E-state index contributed by atoms with van der Waals surface area (Å²) in [6.45, 7) is 2.07. The molecule has 2 heterocycles. The number of phenols is 1. The molecule has 2 unspecified atom stereocenters. The number of aliphatic hydroxyl groups is 2. The van der Waals surface area contributed by atoms with Crippen LogP contribution in [0.3, 0.4) is 0 Å². The number of hydrogen-bond donors (Lipinski definition) is 3. The molecule has 0 saturated carbocycles. The third-order valence-corrected chi connectivity index (χ3v) is 8.54. The molecule has 37 heavy (non-hydrogen) atoms. The summed E-state index contributed by atoms with van der Waals surface area (Å²) in [7, 11) is 1.99. The number of ether oxygens (including phenoxy) is 3. The Kier molecular flexibility index (Phi) is 5.38. The number of aliphatic hydroxyl groups excluding tert-OH is 1. The fourth-order valence-electron chi connectivity index (χ4n) is 6.69. The Balaban J connectivity index is 1.27. The van der Waals surface area contributed by atoms with Crippen molar-refractivity contribution in [3.05, 3.63) is 71.0 Å². The van der Waals surface area contributed by atoms with Gasteiger partial charge in [0.15, 0.2) is 29.8 Å². The highest BCUT2D eigenvalue weighted by Crippen LogP contribution is 2.65. The maximum Gasteiger partial charge on any atom is 0.352 e. The zero-order valence-corrected chi connectivity index (χ0v) is 20.6. The molecule has 2 aromatic carbocycles. The van der Waals surface area contributed by atoms with Crippen LogP contribution in [-0.4, -0.2) is 69.6 Å². The van der Waals surface area contributed by atoms with Crippen LogP contribution in [0.4, 0.5) is 0 Å². The standard InChI is InChI=1S/C28H29NO8/c1-15(35-26(33)22(31)16-6-4-3-5-7-16)25(32)36-19-10-11-28(34)20-14-17-8-9-18(30)23-21(17)27(28,24(19)37-23)12-13-29(20)2/h3-10,15,20,22,24,30-31,34H,11-14H2,1-2H3/t15-,20+,22-,24?,27?,28+/m0/s1. The van der Waals surface area contributed by atoms with Gasteiger partial charge in [0.05, 0.1) is 11.0 Å². The molecule has 0 radical (unpaired) electrons. The summed E-state index contributed by atoms with van der Waals surface area (Å²) in [5.74, 6) is -1.28. The maximum absolute atomic E-state index is 13.0. The van der Waals surface area contributed by atoms with E-state index in [2.05, 4.69) is 4.90 Å². The van der Waals surface area contributed by atoms with Crippen molar-refractivity contribution in [1.29, 1.82) is 0 Å². The van der Waals surface area contributed by atoms with E-state index in [1.807, 2.05) is 13.1 Å². The van der Waals surface area contributed by atoms with Crippen molar-refractivity contribution in [2.45, 2.75) is 61.6 Å². The third kappa shape index (κ3) is 3.27. The number of likely N-dealkylation sites (tertiary alicyclic amines) is 1. The Morgan fingerprint density at radius 1 is 1.16 bits per heavy atom. The number of hydrogen-bond acceptors (Lipinski definition) is 9. The number of phenolic OH excluding ortho intramolecular Hbond substituents is 1. The van der Waals surface area contributed by atoms with Gasteiger partial charge in [-0.15, -0.1) is 0 Å². The first-order chi connectivity index (χ1) is 17.7. The first-order valence-electron chi connectivity index (χ1n) is 12.5. The lowest BCUT2D eigenvalue weighted by Crippen LogP contribution is -2.74. The molecule has 6 atom stereocenters. The average Bonchev–Trinajstić information content (AvgIpc) is 3.25. The highest BCUT2D eigenvalue weighted by Gasteiger charge is 2.72. The van der Waals surface area contributed by atoms with Crippen LogP contribution in [0.25, 0.3) is 0 Å². The van der Waals surface area contributed by atoms with Crippen LogP contribution < -0.4 is 4.74 Å². The number of esters is 2. The first kappa shape index (κ1) is 24.0. The minimum absolute atomic E-state index is 0.0230. The van der Waals surface area contributed by atoms with Crippen LogP contribution >= 0.6 is 0 Å². The monoisotopic (exact) mass is 507 g/mol. The van der Waals surface area contributed by atoms with Gasteiger partial charge in [0, 0.05) is 18.0 Å². The summed E-state index contributed by atoms with van der Waals surface area (Å²) in [6.07, 6.45) is -0.595. The minimum Gasteiger partial charge on any atom is -0.504 e. The second-order valence-corrected chi connectivity index (χ2v) is 10.4. The molecule has 1 saturated heterocycles. The lowest BCUT2D eigenvalue weighted by molar-refractivity contribution is -0.178. The summed E-state index contributed by atoms with van der Waals surface area (Å²) in [4.78, 5) is 27.6. The molecule has 2 bridgehead atoms. The zero-order chi connectivity index (χ0) is 26.1. The molecule has 0 amide bonds. The smallest absolute Gasteiger partial charge is 0.352 e. The number of piperidine rings is 1. The molecule has 2 aliphatic carbocycles. The van der Waals surface area contributed by atoms with Gasteiger partial charge in [-0.3, -0.25) is 0 Å². The van der Waals surface area contributed by atoms with E-state index in [-0.39, 0.29) is 24.0 Å². The Labute approximate surface area is 213 Å². The van der Waals surface area contributed by atoms with Crippen molar-refractivity contribution >= 4 is 11.9 Å². The third-order valence-electron chi connectivity index (χ3n) is 8.54. The topological polar surface area (TPSA) is 126 Å². The molecule has 3 N–H and O–H groups in total. The predicted octanol–water partition coefficient (Wildman–Crippen LogP) is 1.88. The highest BCUT2D eigenvalue weighted by atomic mass is 16.6. The fraction of sp³-hybridized carbons (Fsp3) is 0.429. The lowest BCUT2D eigenvalue weighted by Gasteiger charge is -2.61. The molecule has 9 nitrogen and oxygen atoms in total. The molecule has 4 aliphatic rings. The van der Waals surface area contributed by atoms with E-state index in [0.29, 0.717) is 30.7 Å². The van der Waals surface area contributed by atoms with E-state index in [4.69, 9.17) is 14.2 Å². The number of carbonyl (C=O) groups excluding carboxylic acids is 2. The van der Waals surface area contributed by atoms with Crippen molar-refractivity contribution in [2.24, 2.45) is 0 Å². The Morgan fingerprint density at radius 2 is 1.92 bits per heavy atom. The summed E-state index contributed by atoms with van der Waals surface area (Å²) in [6, 6.07) is 11.6. The largest absolute Gasteiger partial charge is 0.504 e. The normalized spacial score (nSPS) is 30.9. The molecular formula is C28H29NO8. The van der Waals surface area contributed by atoms with Gasteiger partial charge in [0.2, 0.25) is 0 Å². The van der Waals surface area contributed by atoms with Gasteiger partial charge in [-0.2, -0.15) is 0 Å². The van der Waals surface area contributed by atoms with Crippen molar-refractivity contribution in [3.63, 3.8) is 0 Å². The maximum atomic E-state index is 13.0. The van der Waals surface area contributed by atoms with Gasteiger partial charge in [-0.25, -0.2) is 9.59 Å². The van der Waals surface area contributed by atoms with E-state index in [1.54, 1.807) is 42.5 Å². The van der Waals surface area contributed by atoms with Crippen molar-refractivity contribution in [3.8, 4) is 11.5 Å². The Morgan fingerprint density at radius 3 is 2.68 bits per heavy atom.